The van der Waals surface area contributed by atoms with Crippen LogP contribution in [0.25, 0.3) is 11.5 Å². The second-order valence-corrected chi connectivity index (χ2v) is 9.16. The summed E-state index contributed by atoms with van der Waals surface area (Å²) in [6.45, 7) is 1.93. The highest BCUT2D eigenvalue weighted by Crippen LogP contribution is 2.33. The normalized spacial score (nSPS) is 16.9. The molecule has 6 rings (SSSR count). The van der Waals surface area contributed by atoms with E-state index in [0.717, 1.165) is 12.1 Å². The number of amides is 2. The van der Waals surface area contributed by atoms with Gasteiger partial charge in [0.15, 0.2) is 17.3 Å². The van der Waals surface area contributed by atoms with Gasteiger partial charge in [-0.15, -0.1) is 0 Å². The Hall–Kier alpha value is -4.53. The molecule has 9 nitrogen and oxygen atoms in total. The lowest BCUT2D eigenvalue weighted by atomic mass is 9.96. The molecule has 0 spiro atoms. The van der Waals surface area contributed by atoms with Gasteiger partial charge in [-0.2, -0.15) is 5.10 Å². The zero-order valence-electron chi connectivity index (χ0n) is 20.2. The van der Waals surface area contributed by atoms with E-state index in [1.807, 2.05) is 59.4 Å². The number of ether oxygens (including phenoxy) is 2. The maximum Gasteiger partial charge on any atom is 0.259 e. The van der Waals surface area contributed by atoms with E-state index in [-0.39, 0.29) is 17.7 Å². The van der Waals surface area contributed by atoms with Crippen LogP contribution in [-0.4, -0.2) is 57.4 Å². The zero-order chi connectivity index (χ0) is 25.2. The van der Waals surface area contributed by atoms with Crippen molar-refractivity contribution in [1.29, 1.82) is 0 Å². The molecule has 1 N–H and O–H groups in total. The number of rotatable bonds is 5. The first-order valence-corrected chi connectivity index (χ1v) is 12.4. The Labute approximate surface area is 214 Å². The Morgan fingerprint density at radius 2 is 1.73 bits per heavy atom. The van der Waals surface area contributed by atoms with Gasteiger partial charge in [-0.3, -0.25) is 9.59 Å². The molecule has 2 aliphatic heterocycles. The number of likely N-dealkylation sites (tertiary alicyclic amines) is 1. The molecule has 0 radical (unpaired) electrons. The maximum absolute atomic E-state index is 13.7. The number of nitrogens with zero attached hydrogens (tertiary/aromatic N) is 4. The minimum atomic E-state index is -0.315. The molecule has 0 saturated carbocycles. The smallest absolute Gasteiger partial charge is 0.259 e. The van der Waals surface area contributed by atoms with Gasteiger partial charge in [-0.05, 0) is 49.2 Å². The van der Waals surface area contributed by atoms with E-state index in [1.165, 1.54) is 0 Å². The van der Waals surface area contributed by atoms with Gasteiger partial charge in [0.25, 0.3) is 5.91 Å². The van der Waals surface area contributed by atoms with E-state index in [9.17, 15) is 9.59 Å². The second kappa shape index (κ2) is 9.85. The van der Waals surface area contributed by atoms with Crippen LogP contribution in [0.15, 0.2) is 79.3 Å². The Bertz CT molecular complexity index is 1410. The monoisotopic (exact) mass is 497 g/mol. The first-order chi connectivity index (χ1) is 18.2. The van der Waals surface area contributed by atoms with Gasteiger partial charge in [-0.1, -0.05) is 18.2 Å². The number of carbonyl (C=O) groups is 2. The van der Waals surface area contributed by atoms with E-state index in [4.69, 9.17) is 9.47 Å². The van der Waals surface area contributed by atoms with Crippen molar-refractivity contribution in [3.63, 3.8) is 0 Å². The number of aromatic nitrogens is 3. The summed E-state index contributed by atoms with van der Waals surface area (Å²) in [4.78, 5) is 28.6. The van der Waals surface area contributed by atoms with Gasteiger partial charge >= 0.3 is 0 Å². The summed E-state index contributed by atoms with van der Waals surface area (Å²) < 4.78 is 14.8. The molecule has 1 fully saturated rings. The summed E-state index contributed by atoms with van der Waals surface area (Å²) in [5, 5.41) is 7.54. The molecular formula is C28H27N5O4. The second-order valence-electron chi connectivity index (χ2n) is 9.16. The maximum atomic E-state index is 13.7. The molecule has 188 valence electrons. The molecule has 0 aliphatic carbocycles. The summed E-state index contributed by atoms with van der Waals surface area (Å²) in [6, 6.07) is 18.9. The Morgan fingerprint density at radius 3 is 2.54 bits per heavy atom. The third kappa shape index (κ3) is 4.55. The number of hydrogen-bond donors (Lipinski definition) is 1. The molecule has 0 bridgehead atoms. The Kier molecular flexibility index (Phi) is 6.10. The highest BCUT2D eigenvalue weighted by atomic mass is 16.6. The minimum Gasteiger partial charge on any atom is -0.486 e. The van der Waals surface area contributed by atoms with Gasteiger partial charge in [0.1, 0.15) is 18.8 Å². The van der Waals surface area contributed by atoms with Crippen LogP contribution in [0.1, 0.15) is 23.2 Å². The lowest BCUT2D eigenvalue weighted by molar-refractivity contribution is -0.121. The number of carbonyl (C=O) groups excluding carboxylic acids is 2. The topological polar surface area (TPSA) is 90.6 Å². The van der Waals surface area contributed by atoms with Crippen molar-refractivity contribution in [2.75, 3.05) is 31.6 Å². The van der Waals surface area contributed by atoms with Gasteiger partial charge in [0.2, 0.25) is 5.91 Å². The van der Waals surface area contributed by atoms with Crippen LogP contribution in [0.5, 0.6) is 11.5 Å². The number of piperidine rings is 1. The molecule has 37 heavy (non-hydrogen) atoms. The number of benzene rings is 2. The molecule has 9 heteroatoms. The van der Waals surface area contributed by atoms with Gasteiger partial charge in [0, 0.05) is 37.2 Å². The first-order valence-electron chi connectivity index (χ1n) is 12.4. The molecule has 2 aromatic heterocycles. The SMILES string of the molecule is O=C(Nc1ccc2c(c1)OCCO2)C1CCCN(C(=O)c2cnn(-c3ccccc3)c2-n2cccc2)C1. The van der Waals surface area contributed by atoms with Crippen LogP contribution in [0, 0.1) is 5.92 Å². The van der Waals surface area contributed by atoms with Crippen LogP contribution in [0.4, 0.5) is 5.69 Å². The van der Waals surface area contributed by atoms with Crippen LogP contribution in [-0.2, 0) is 4.79 Å². The van der Waals surface area contributed by atoms with Gasteiger partial charge in [-0.25, -0.2) is 4.68 Å². The van der Waals surface area contributed by atoms with Crippen LogP contribution >= 0.6 is 0 Å². The quantitative estimate of drug-likeness (QED) is 0.451. The predicted molar refractivity (Wildman–Crippen MR) is 138 cm³/mol. The summed E-state index contributed by atoms with van der Waals surface area (Å²) in [5.41, 5.74) is 2.00. The van der Waals surface area contributed by atoms with Gasteiger partial charge < -0.3 is 24.3 Å². The van der Waals surface area contributed by atoms with Gasteiger partial charge in [0.05, 0.1) is 17.8 Å². The fourth-order valence-corrected chi connectivity index (χ4v) is 4.89. The highest BCUT2D eigenvalue weighted by molar-refractivity contribution is 5.98. The number of anilines is 1. The molecule has 4 aromatic rings. The van der Waals surface area contributed by atoms with E-state index in [0.29, 0.717) is 61.3 Å². The molecule has 2 amide bonds. The van der Waals surface area contributed by atoms with E-state index in [2.05, 4.69) is 10.4 Å². The average molecular weight is 498 g/mol. The fourth-order valence-electron chi connectivity index (χ4n) is 4.89. The summed E-state index contributed by atoms with van der Waals surface area (Å²) in [6.07, 6.45) is 6.87. The summed E-state index contributed by atoms with van der Waals surface area (Å²) in [7, 11) is 0. The fraction of sp³-hybridized carbons (Fsp3) is 0.250. The lowest BCUT2D eigenvalue weighted by Gasteiger charge is -2.32. The largest absolute Gasteiger partial charge is 0.486 e. The molecule has 1 atom stereocenters. The van der Waals surface area contributed by atoms with E-state index in [1.54, 1.807) is 34.0 Å². The number of hydrogen-bond acceptors (Lipinski definition) is 5. The van der Waals surface area contributed by atoms with Crippen molar-refractivity contribution in [1.82, 2.24) is 19.2 Å². The van der Waals surface area contributed by atoms with E-state index >= 15 is 0 Å². The Morgan fingerprint density at radius 1 is 0.946 bits per heavy atom. The third-order valence-electron chi connectivity index (χ3n) is 6.71. The average Bonchev–Trinajstić information content (AvgIpc) is 3.63. The molecule has 4 heterocycles. The molecule has 2 aromatic carbocycles. The van der Waals surface area contributed by atoms with Crippen LogP contribution in [0.3, 0.4) is 0 Å². The van der Waals surface area contributed by atoms with Crippen molar-refractivity contribution >= 4 is 17.5 Å². The third-order valence-corrected chi connectivity index (χ3v) is 6.71. The molecule has 1 saturated heterocycles. The number of para-hydroxylation sites is 1. The van der Waals surface area contributed by atoms with Crippen LogP contribution in [0.2, 0.25) is 0 Å². The first kappa shape index (κ1) is 22.9. The number of nitrogens with one attached hydrogen (secondary N) is 1. The van der Waals surface area contributed by atoms with Crippen molar-refractivity contribution < 1.29 is 19.1 Å². The van der Waals surface area contributed by atoms with Crippen molar-refractivity contribution in [3.8, 4) is 23.0 Å². The van der Waals surface area contributed by atoms with Crippen molar-refractivity contribution in [3.05, 3.63) is 84.8 Å². The minimum absolute atomic E-state index is 0.111. The van der Waals surface area contributed by atoms with Crippen molar-refractivity contribution in [2.45, 2.75) is 12.8 Å². The van der Waals surface area contributed by atoms with Crippen molar-refractivity contribution in [2.24, 2.45) is 5.92 Å². The standard InChI is InChI=1S/C28H27N5O4/c34-26(30-21-10-11-24-25(17-21)37-16-15-36-24)20-7-6-14-32(19-20)28(35)23-18-29-33(22-8-2-1-3-9-22)27(23)31-12-4-5-13-31/h1-5,8-13,17-18,20H,6-7,14-16,19H2,(H,30,34). The summed E-state index contributed by atoms with van der Waals surface area (Å²) in [5.74, 6) is 1.40. The van der Waals surface area contributed by atoms with E-state index < -0.39 is 0 Å². The molecular weight excluding hydrogens is 470 g/mol. The van der Waals surface area contributed by atoms with Crippen LogP contribution < -0.4 is 14.8 Å². The molecule has 2 aliphatic rings. The summed E-state index contributed by atoms with van der Waals surface area (Å²) >= 11 is 0. The highest BCUT2D eigenvalue weighted by Gasteiger charge is 2.31. The lowest BCUT2D eigenvalue weighted by Crippen LogP contribution is -2.44. The Balaban J connectivity index is 1.21. The molecule has 1 unspecified atom stereocenters. The zero-order valence-corrected chi connectivity index (χ0v) is 20.2. The number of fused-ring (bicyclic) bond motifs is 1. The predicted octanol–water partition coefficient (Wildman–Crippen LogP) is 3.93.